The number of imidazole rings is 1. The summed E-state index contributed by atoms with van der Waals surface area (Å²) in [4.78, 5) is 8.30. The van der Waals surface area contributed by atoms with E-state index in [-0.39, 0.29) is 5.41 Å². The minimum absolute atomic E-state index is 0.0823. The molecule has 1 fully saturated rings. The second-order valence-corrected chi connectivity index (χ2v) is 6.93. The second kappa shape index (κ2) is 4.91. The fourth-order valence-electron chi connectivity index (χ4n) is 2.95. The Morgan fingerprint density at radius 3 is 2.95 bits per heavy atom. The first-order valence-corrected chi connectivity index (χ1v) is 7.73. The number of hydrogen-bond acceptors (Lipinski definition) is 2. The van der Waals surface area contributed by atoms with Gasteiger partial charge >= 0.3 is 0 Å². The standard InChI is InChI=1S/C15H20BrN3/c1-15(2,10-4-3-7-17-9-10)14-18-12-6-5-11(16)8-13(12)19-14/h5-6,8,10,17H,3-4,7,9H2,1-2H3,(H,18,19). The lowest BCUT2D eigenvalue weighted by Gasteiger charge is -2.35. The van der Waals surface area contributed by atoms with Crippen molar-refractivity contribution >= 4 is 27.0 Å². The van der Waals surface area contributed by atoms with Crippen molar-refractivity contribution in [3.05, 3.63) is 28.5 Å². The number of rotatable bonds is 2. The van der Waals surface area contributed by atoms with Gasteiger partial charge in [-0.1, -0.05) is 29.8 Å². The van der Waals surface area contributed by atoms with Gasteiger partial charge in [0.15, 0.2) is 0 Å². The Bertz CT molecular complexity index is 582. The van der Waals surface area contributed by atoms with E-state index in [9.17, 15) is 0 Å². The molecule has 4 heteroatoms. The molecule has 1 unspecified atom stereocenters. The molecular weight excluding hydrogens is 302 g/mol. The number of H-pyrrole nitrogens is 1. The summed E-state index contributed by atoms with van der Waals surface area (Å²) in [5.74, 6) is 1.75. The van der Waals surface area contributed by atoms with Crippen LogP contribution in [0.2, 0.25) is 0 Å². The largest absolute Gasteiger partial charge is 0.341 e. The number of benzene rings is 1. The van der Waals surface area contributed by atoms with Crippen LogP contribution in [0, 0.1) is 5.92 Å². The molecule has 1 saturated heterocycles. The van der Waals surface area contributed by atoms with Gasteiger partial charge in [-0.25, -0.2) is 4.98 Å². The molecule has 1 aliphatic rings. The van der Waals surface area contributed by atoms with Gasteiger partial charge in [0.05, 0.1) is 11.0 Å². The zero-order chi connectivity index (χ0) is 13.5. The molecule has 1 aliphatic heterocycles. The van der Waals surface area contributed by atoms with Crippen LogP contribution in [0.5, 0.6) is 0 Å². The van der Waals surface area contributed by atoms with Crippen LogP contribution >= 0.6 is 15.9 Å². The fourth-order valence-corrected chi connectivity index (χ4v) is 3.31. The molecule has 0 bridgehead atoms. The molecule has 1 atom stereocenters. The number of piperidine rings is 1. The molecular formula is C15H20BrN3. The summed E-state index contributed by atoms with van der Waals surface area (Å²) < 4.78 is 1.09. The van der Waals surface area contributed by atoms with Crippen molar-refractivity contribution in [1.82, 2.24) is 15.3 Å². The van der Waals surface area contributed by atoms with Crippen LogP contribution in [0.15, 0.2) is 22.7 Å². The molecule has 0 radical (unpaired) electrons. The molecule has 102 valence electrons. The Balaban J connectivity index is 1.97. The van der Waals surface area contributed by atoms with Crippen molar-refractivity contribution in [2.45, 2.75) is 32.1 Å². The van der Waals surface area contributed by atoms with Crippen molar-refractivity contribution in [2.24, 2.45) is 5.92 Å². The van der Waals surface area contributed by atoms with Gasteiger partial charge < -0.3 is 10.3 Å². The number of nitrogens with one attached hydrogen (secondary N) is 2. The third-order valence-corrected chi connectivity index (χ3v) is 4.86. The summed E-state index contributed by atoms with van der Waals surface area (Å²) in [5.41, 5.74) is 2.25. The number of aromatic amines is 1. The van der Waals surface area contributed by atoms with E-state index in [2.05, 4.69) is 52.2 Å². The summed E-state index contributed by atoms with van der Waals surface area (Å²) in [7, 11) is 0. The van der Waals surface area contributed by atoms with E-state index in [0.29, 0.717) is 5.92 Å². The van der Waals surface area contributed by atoms with E-state index in [4.69, 9.17) is 4.98 Å². The van der Waals surface area contributed by atoms with Crippen molar-refractivity contribution in [2.75, 3.05) is 13.1 Å². The third kappa shape index (κ3) is 2.43. The van der Waals surface area contributed by atoms with Gasteiger partial charge in [-0.05, 0) is 50.0 Å². The number of halogens is 1. The van der Waals surface area contributed by atoms with Gasteiger partial charge in [-0.15, -0.1) is 0 Å². The van der Waals surface area contributed by atoms with E-state index in [1.165, 1.54) is 12.8 Å². The average molecular weight is 322 g/mol. The fraction of sp³-hybridized carbons (Fsp3) is 0.533. The van der Waals surface area contributed by atoms with E-state index < -0.39 is 0 Å². The monoisotopic (exact) mass is 321 g/mol. The molecule has 3 nitrogen and oxygen atoms in total. The van der Waals surface area contributed by atoms with Gasteiger partial charge in [0.25, 0.3) is 0 Å². The molecule has 2 heterocycles. The quantitative estimate of drug-likeness (QED) is 0.887. The Morgan fingerprint density at radius 1 is 1.37 bits per heavy atom. The highest BCUT2D eigenvalue weighted by atomic mass is 79.9. The SMILES string of the molecule is CC(C)(c1nc2ccc(Br)cc2[nH]1)C1CCCNC1. The van der Waals surface area contributed by atoms with Crippen LogP contribution in [0.3, 0.4) is 0 Å². The maximum atomic E-state index is 4.80. The van der Waals surface area contributed by atoms with Gasteiger partial charge in [0.1, 0.15) is 5.82 Å². The van der Waals surface area contributed by atoms with E-state index in [1.54, 1.807) is 0 Å². The Kier molecular flexibility index (Phi) is 3.39. The Hall–Kier alpha value is -0.870. The lowest BCUT2D eigenvalue weighted by molar-refractivity contribution is 0.243. The molecule has 3 rings (SSSR count). The summed E-state index contributed by atoms with van der Waals surface area (Å²) in [5, 5.41) is 3.50. The Morgan fingerprint density at radius 2 is 2.21 bits per heavy atom. The highest BCUT2D eigenvalue weighted by Crippen LogP contribution is 2.35. The molecule has 0 aliphatic carbocycles. The van der Waals surface area contributed by atoms with Crippen molar-refractivity contribution < 1.29 is 0 Å². The first-order valence-electron chi connectivity index (χ1n) is 6.94. The van der Waals surface area contributed by atoms with Gasteiger partial charge in [-0.2, -0.15) is 0 Å². The van der Waals surface area contributed by atoms with Crippen LogP contribution in [0.25, 0.3) is 11.0 Å². The number of hydrogen-bond donors (Lipinski definition) is 2. The van der Waals surface area contributed by atoms with Crippen LogP contribution in [0.1, 0.15) is 32.5 Å². The molecule has 0 amide bonds. The summed E-state index contributed by atoms with van der Waals surface area (Å²) >= 11 is 3.51. The Labute approximate surface area is 122 Å². The van der Waals surface area contributed by atoms with Crippen molar-refractivity contribution in [3.8, 4) is 0 Å². The van der Waals surface area contributed by atoms with Crippen LogP contribution in [-0.2, 0) is 5.41 Å². The normalized spacial score (nSPS) is 20.9. The predicted molar refractivity (Wildman–Crippen MR) is 82.4 cm³/mol. The summed E-state index contributed by atoms with van der Waals surface area (Å²) in [6, 6.07) is 6.21. The topological polar surface area (TPSA) is 40.7 Å². The lowest BCUT2D eigenvalue weighted by Crippen LogP contribution is -2.41. The van der Waals surface area contributed by atoms with Crippen LogP contribution in [0.4, 0.5) is 0 Å². The molecule has 2 N–H and O–H groups in total. The predicted octanol–water partition coefficient (Wildman–Crippen LogP) is 3.60. The highest BCUT2D eigenvalue weighted by Gasteiger charge is 2.34. The number of fused-ring (bicyclic) bond motifs is 1. The second-order valence-electron chi connectivity index (χ2n) is 6.01. The molecule has 1 aromatic heterocycles. The number of aromatic nitrogens is 2. The van der Waals surface area contributed by atoms with Crippen LogP contribution in [-0.4, -0.2) is 23.1 Å². The minimum atomic E-state index is 0.0823. The first-order chi connectivity index (χ1) is 9.07. The first kappa shape index (κ1) is 13.1. The zero-order valence-corrected chi connectivity index (χ0v) is 13.0. The van der Waals surface area contributed by atoms with Gasteiger partial charge in [0, 0.05) is 9.89 Å². The zero-order valence-electron chi connectivity index (χ0n) is 11.5. The third-order valence-electron chi connectivity index (χ3n) is 4.37. The van der Waals surface area contributed by atoms with Crippen molar-refractivity contribution in [3.63, 3.8) is 0 Å². The smallest absolute Gasteiger partial charge is 0.113 e. The van der Waals surface area contributed by atoms with E-state index >= 15 is 0 Å². The average Bonchev–Trinajstić information content (AvgIpc) is 2.83. The summed E-state index contributed by atoms with van der Waals surface area (Å²) in [6.07, 6.45) is 2.54. The van der Waals surface area contributed by atoms with Gasteiger partial charge in [0.2, 0.25) is 0 Å². The number of nitrogens with zero attached hydrogens (tertiary/aromatic N) is 1. The van der Waals surface area contributed by atoms with Crippen LogP contribution < -0.4 is 5.32 Å². The maximum absolute atomic E-state index is 4.80. The molecule has 0 saturated carbocycles. The van der Waals surface area contributed by atoms with Crippen molar-refractivity contribution in [1.29, 1.82) is 0 Å². The van der Waals surface area contributed by atoms with Gasteiger partial charge in [-0.3, -0.25) is 0 Å². The molecule has 19 heavy (non-hydrogen) atoms. The highest BCUT2D eigenvalue weighted by molar-refractivity contribution is 9.10. The lowest BCUT2D eigenvalue weighted by atomic mass is 9.74. The van der Waals surface area contributed by atoms with E-state index in [1.807, 2.05) is 6.07 Å². The molecule has 0 spiro atoms. The molecule has 1 aromatic carbocycles. The minimum Gasteiger partial charge on any atom is -0.341 e. The molecule has 2 aromatic rings. The maximum Gasteiger partial charge on any atom is 0.113 e. The summed E-state index contributed by atoms with van der Waals surface area (Å²) in [6.45, 7) is 6.85. The van der Waals surface area contributed by atoms with E-state index in [0.717, 1.165) is 34.4 Å².